The number of hydrogen-bond donors (Lipinski definition) is 2. The summed E-state index contributed by atoms with van der Waals surface area (Å²) in [6, 6.07) is 12.7. The van der Waals surface area contributed by atoms with Gasteiger partial charge < -0.3 is 16.0 Å². The first-order chi connectivity index (χ1) is 12.3. The molecule has 0 aliphatic carbocycles. The minimum absolute atomic E-state index is 0.0425. The highest BCUT2D eigenvalue weighted by Crippen LogP contribution is 2.28. The highest BCUT2D eigenvalue weighted by Gasteiger charge is 2.19. The molecule has 2 aromatic rings. The van der Waals surface area contributed by atoms with Crippen molar-refractivity contribution in [2.45, 2.75) is 17.2 Å². The molecule has 7 nitrogen and oxygen atoms in total. The Morgan fingerprint density at radius 2 is 1.85 bits per heavy atom. The summed E-state index contributed by atoms with van der Waals surface area (Å²) in [7, 11) is 3.88. The molecule has 1 atom stereocenters. The van der Waals surface area contributed by atoms with Crippen LogP contribution in [-0.2, 0) is 4.79 Å². The first-order valence-electron chi connectivity index (χ1n) is 7.71. The van der Waals surface area contributed by atoms with Crippen molar-refractivity contribution in [3.05, 3.63) is 41.5 Å². The summed E-state index contributed by atoms with van der Waals surface area (Å²) in [6.45, 7) is 1.71. The molecule has 0 unspecified atom stereocenters. The van der Waals surface area contributed by atoms with Crippen LogP contribution in [0.25, 0.3) is 0 Å². The van der Waals surface area contributed by atoms with E-state index in [1.54, 1.807) is 6.92 Å². The number of carbonyl (C=O) groups is 1. The summed E-state index contributed by atoms with van der Waals surface area (Å²) in [5.74, 6) is -0.179. The molecule has 0 bridgehead atoms. The van der Waals surface area contributed by atoms with Crippen LogP contribution in [-0.4, -0.2) is 30.2 Å². The molecule has 0 aliphatic heterocycles. The lowest BCUT2D eigenvalue weighted by Crippen LogP contribution is -2.22. The van der Waals surface area contributed by atoms with Gasteiger partial charge in [-0.3, -0.25) is 4.79 Å². The standard InChI is InChI=1S/C18H18N6OS/c1-11(17(25)22-14-4-6-15(7-5-14)24(2)3)26-18-13(10-20)8-12(9-19)16(21)23-18/h4-8,11H,1-3H3,(H2,21,23)(H,22,25)/t11-/m1/s1. The molecule has 1 aromatic heterocycles. The van der Waals surface area contributed by atoms with Gasteiger partial charge in [0.15, 0.2) is 0 Å². The highest BCUT2D eigenvalue weighted by molar-refractivity contribution is 8.00. The number of benzene rings is 1. The zero-order valence-corrected chi connectivity index (χ0v) is 15.5. The number of pyridine rings is 1. The minimum atomic E-state index is -0.504. The van der Waals surface area contributed by atoms with E-state index in [0.717, 1.165) is 17.4 Å². The lowest BCUT2D eigenvalue weighted by molar-refractivity contribution is -0.115. The molecule has 0 saturated carbocycles. The van der Waals surface area contributed by atoms with Gasteiger partial charge in [-0.25, -0.2) is 4.98 Å². The monoisotopic (exact) mass is 366 g/mol. The summed E-state index contributed by atoms with van der Waals surface area (Å²) in [5, 5.41) is 20.8. The zero-order valence-electron chi connectivity index (χ0n) is 14.6. The summed E-state index contributed by atoms with van der Waals surface area (Å²) in [5.41, 5.74) is 7.78. The second kappa shape index (κ2) is 8.24. The van der Waals surface area contributed by atoms with Gasteiger partial charge in [0.2, 0.25) is 5.91 Å². The van der Waals surface area contributed by atoms with Gasteiger partial charge >= 0.3 is 0 Å². The van der Waals surface area contributed by atoms with E-state index in [-0.39, 0.29) is 22.9 Å². The number of aromatic nitrogens is 1. The van der Waals surface area contributed by atoms with E-state index in [1.165, 1.54) is 6.07 Å². The molecular weight excluding hydrogens is 348 g/mol. The third kappa shape index (κ3) is 4.44. The number of amides is 1. The molecule has 2 rings (SSSR count). The number of nitrogen functional groups attached to an aromatic ring is 1. The van der Waals surface area contributed by atoms with E-state index >= 15 is 0 Å². The van der Waals surface area contributed by atoms with Gasteiger partial charge in [0, 0.05) is 25.5 Å². The summed E-state index contributed by atoms with van der Waals surface area (Å²) < 4.78 is 0. The third-order valence-electron chi connectivity index (χ3n) is 3.57. The summed E-state index contributed by atoms with van der Waals surface area (Å²) >= 11 is 1.12. The first kappa shape index (κ1) is 19.1. The number of nitrogens with zero attached hydrogens (tertiary/aromatic N) is 4. The number of anilines is 3. The van der Waals surface area contributed by atoms with Crippen LogP contribution in [0, 0.1) is 22.7 Å². The number of carbonyl (C=O) groups excluding carboxylic acids is 1. The molecule has 3 N–H and O–H groups in total. The van der Waals surface area contributed by atoms with Crippen molar-refractivity contribution in [2.24, 2.45) is 0 Å². The Labute approximate surface area is 156 Å². The summed E-state index contributed by atoms with van der Waals surface area (Å²) in [4.78, 5) is 18.5. The number of thioether (sulfide) groups is 1. The largest absolute Gasteiger partial charge is 0.383 e. The van der Waals surface area contributed by atoms with Crippen LogP contribution in [0.2, 0.25) is 0 Å². The predicted molar refractivity (Wildman–Crippen MR) is 103 cm³/mol. The molecule has 26 heavy (non-hydrogen) atoms. The fourth-order valence-corrected chi connectivity index (χ4v) is 2.96. The van der Waals surface area contributed by atoms with E-state index in [1.807, 2.05) is 55.4 Å². The molecule has 0 fully saturated rings. The maximum atomic E-state index is 12.4. The topological polar surface area (TPSA) is 119 Å². The minimum Gasteiger partial charge on any atom is -0.383 e. The van der Waals surface area contributed by atoms with E-state index in [2.05, 4.69) is 10.3 Å². The van der Waals surface area contributed by atoms with Gasteiger partial charge in [0.1, 0.15) is 23.0 Å². The van der Waals surface area contributed by atoms with Gasteiger partial charge in [0.05, 0.1) is 16.4 Å². The van der Waals surface area contributed by atoms with Crippen LogP contribution in [0.5, 0.6) is 0 Å². The average molecular weight is 366 g/mol. The molecule has 0 saturated heterocycles. The molecule has 1 heterocycles. The number of nitriles is 2. The van der Waals surface area contributed by atoms with Gasteiger partial charge in [-0.1, -0.05) is 11.8 Å². The van der Waals surface area contributed by atoms with Crippen LogP contribution in [0.1, 0.15) is 18.1 Å². The second-order valence-electron chi connectivity index (χ2n) is 5.69. The van der Waals surface area contributed by atoms with Crippen LogP contribution in [0.4, 0.5) is 17.2 Å². The lowest BCUT2D eigenvalue weighted by Gasteiger charge is -2.15. The Morgan fingerprint density at radius 3 is 2.38 bits per heavy atom. The number of nitrogens with two attached hydrogens (primary N) is 1. The van der Waals surface area contributed by atoms with Crippen molar-refractivity contribution >= 4 is 34.9 Å². The Kier molecular flexibility index (Phi) is 6.05. The predicted octanol–water partition coefficient (Wildman–Crippen LogP) is 2.59. The first-order valence-corrected chi connectivity index (χ1v) is 8.59. The third-order valence-corrected chi connectivity index (χ3v) is 4.67. The number of rotatable bonds is 5. The maximum Gasteiger partial charge on any atom is 0.237 e. The van der Waals surface area contributed by atoms with E-state index in [0.29, 0.717) is 10.7 Å². The zero-order chi connectivity index (χ0) is 19.3. The quantitative estimate of drug-likeness (QED) is 0.781. The fourth-order valence-electron chi connectivity index (χ4n) is 2.08. The van der Waals surface area contributed by atoms with Crippen LogP contribution >= 0.6 is 11.8 Å². The van der Waals surface area contributed by atoms with Crippen molar-refractivity contribution in [2.75, 3.05) is 30.0 Å². The van der Waals surface area contributed by atoms with Crippen LogP contribution in [0.3, 0.4) is 0 Å². The maximum absolute atomic E-state index is 12.4. The molecule has 0 spiro atoms. The Balaban J connectivity index is 2.11. The SMILES string of the molecule is C[C@@H](Sc1nc(N)c(C#N)cc1C#N)C(=O)Nc1ccc(N(C)C)cc1. The van der Waals surface area contributed by atoms with Gasteiger partial charge in [-0.15, -0.1) is 0 Å². The molecule has 1 amide bonds. The fraction of sp³-hybridized carbons (Fsp3) is 0.222. The normalized spacial score (nSPS) is 11.1. The Hall–Kier alpha value is -3.23. The second-order valence-corrected chi connectivity index (χ2v) is 7.02. The van der Waals surface area contributed by atoms with Crippen LogP contribution in [0.15, 0.2) is 35.4 Å². The molecule has 132 valence electrons. The van der Waals surface area contributed by atoms with E-state index in [4.69, 9.17) is 11.0 Å². The summed E-state index contributed by atoms with van der Waals surface area (Å²) in [6.07, 6.45) is 0. The van der Waals surface area contributed by atoms with Crippen molar-refractivity contribution < 1.29 is 4.79 Å². The lowest BCUT2D eigenvalue weighted by atomic mass is 10.2. The molecule has 1 aromatic carbocycles. The molecule has 8 heteroatoms. The Morgan fingerprint density at radius 1 is 1.23 bits per heavy atom. The van der Waals surface area contributed by atoms with Gasteiger partial charge in [0.25, 0.3) is 0 Å². The average Bonchev–Trinajstić information content (AvgIpc) is 2.62. The van der Waals surface area contributed by atoms with Crippen molar-refractivity contribution in [1.29, 1.82) is 10.5 Å². The number of nitrogens with one attached hydrogen (secondary N) is 1. The van der Waals surface area contributed by atoms with Crippen molar-refractivity contribution in [1.82, 2.24) is 4.98 Å². The van der Waals surface area contributed by atoms with Crippen molar-refractivity contribution in [3.8, 4) is 12.1 Å². The van der Waals surface area contributed by atoms with Gasteiger partial charge in [-0.05, 0) is 37.3 Å². The van der Waals surface area contributed by atoms with E-state index in [9.17, 15) is 10.1 Å². The smallest absolute Gasteiger partial charge is 0.237 e. The van der Waals surface area contributed by atoms with Gasteiger partial charge in [-0.2, -0.15) is 10.5 Å². The van der Waals surface area contributed by atoms with E-state index < -0.39 is 5.25 Å². The molecule has 0 radical (unpaired) electrons. The molecular formula is C18H18N6OS. The molecule has 0 aliphatic rings. The number of hydrogen-bond acceptors (Lipinski definition) is 7. The van der Waals surface area contributed by atoms with Crippen molar-refractivity contribution in [3.63, 3.8) is 0 Å². The highest BCUT2D eigenvalue weighted by atomic mass is 32.2. The van der Waals surface area contributed by atoms with Crippen LogP contribution < -0.4 is 16.0 Å². The Bertz CT molecular complexity index is 896.